The summed E-state index contributed by atoms with van der Waals surface area (Å²) >= 11 is 0. The molecule has 52 valence electrons. The monoisotopic (exact) mass is 126 g/mol. The minimum atomic E-state index is 0.512. The summed E-state index contributed by atoms with van der Waals surface area (Å²) in [6.07, 6.45) is 2.72. The molecule has 0 aromatic carbocycles. The summed E-state index contributed by atoms with van der Waals surface area (Å²) in [6, 6.07) is 1.26. The Bertz CT molecular complexity index is 118. The molecule has 2 fully saturated rings. The third kappa shape index (κ3) is 0.700. The molecule has 0 bridgehead atoms. The molecule has 1 aliphatic heterocycles. The summed E-state index contributed by atoms with van der Waals surface area (Å²) in [5.74, 6) is 0.851. The Morgan fingerprint density at radius 3 is 2.89 bits per heavy atom. The van der Waals surface area contributed by atoms with E-state index in [1.165, 1.54) is 19.4 Å². The minimum Gasteiger partial charge on any atom is -0.326 e. The lowest BCUT2D eigenvalue weighted by Gasteiger charge is -2.20. The van der Waals surface area contributed by atoms with Crippen molar-refractivity contribution < 1.29 is 0 Å². The zero-order valence-corrected chi connectivity index (χ0v) is 5.88. The van der Waals surface area contributed by atoms with Gasteiger partial charge in [-0.15, -0.1) is 0 Å². The van der Waals surface area contributed by atoms with Crippen LogP contribution >= 0.6 is 0 Å². The molecule has 1 saturated carbocycles. The van der Waals surface area contributed by atoms with Crippen LogP contribution in [0.4, 0.5) is 0 Å². The first-order valence-corrected chi connectivity index (χ1v) is 3.76. The van der Waals surface area contributed by atoms with Crippen LogP contribution in [0.25, 0.3) is 0 Å². The molecule has 0 aromatic rings. The van der Waals surface area contributed by atoms with Crippen molar-refractivity contribution in [3.8, 4) is 0 Å². The van der Waals surface area contributed by atoms with Crippen LogP contribution in [0.5, 0.6) is 0 Å². The van der Waals surface area contributed by atoms with Crippen LogP contribution in [-0.2, 0) is 0 Å². The summed E-state index contributed by atoms with van der Waals surface area (Å²) in [4.78, 5) is 2.40. The van der Waals surface area contributed by atoms with Gasteiger partial charge in [0.2, 0.25) is 0 Å². The number of hydrogen-bond donors (Lipinski definition) is 1. The topological polar surface area (TPSA) is 29.3 Å². The lowest BCUT2D eigenvalue weighted by atomic mass is 10.1. The van der Waals surface area contributed by atoms with Crippen molar-refractivity contribution in [3.05, 3.63) is 0 Å². The standard InChI is InChI=1S/C7H14N2/c1-9-4-2-3-5-6(8)7(5)9/h5-7H,2-4,8H2,1H3/t5-,6?,7-/m1/s1. The smallest absolute Gasteiger partial charge is 0.0291 e. The highest BCUT2D eigenvalue weighted by Crippen LogP contribution is 2.40. The zero-order valence-electron chi connectivity index (χ0n) is 5.88. The third-order valence-electron chi connectivity index (χ3n) is 2.74. The summed E-state index contributed by atoms with van der Waals surface area (Å²) in [6.45, 7) is 1.26. The second-order valence-corrected chi connectivity index (χ2v) is 3.35. The fourth-order valence-electron chi connectivity index (χ4n) is 2.09. The van der Waals surface area contributed by atoms with Gasteiger partial charge >= 0.3 is 0 Å². The van der Waals surface area contributed by atoms with E-state index in [2.05, 4.69) is 11.9 Å². The van der Waals surface area contributed by atoms with Crippen LogP contribution in [0.1, 0.15) is 12.8 Å². The highest BCUT2D eigenvalue weighted by Gasteiger charge is 2.51. The Morgan fingerprint density at radius 1 is 1.56 bits per heavy atom. The SMILES string of the molecule is CN1CCC[C@@H]2C(N)[C@@H]21. The number of nitrogens with zero attached hydrogens (tertiary/aromatic N) is 1. The maximum Gasteiger partial charge on any atom is 0.0291 e. The van der Waals surface area contributed by atoms with E-state index in [4.69, 9.17) is 5.73 Å². The molecule has 9 heavy (non-hydrogen) atoms. The van der Waals surface area contributed by atoms with Gasteiger partial charge in [-0.25, -0.2) is 0 Å². The Kier molecular flexibility index (Phi) is 1.08. The zero-order chi connectivity index (χ0) is 6.43. The lowest BCUT2D eigenvalue weighted by Crippen LogP contribution is -2.29. The molecule has 3 atom stereocenters. The first kappa shape index (κ1) is 5.69. The van der Waals surface area contributed by atoms with Gasteiger partial charge in [-0.3, -0.25) is 0 Å². The predicted molar refractivity (Wildman–Crippen MR) is 37.1 cm³/mol. The molecule has 1 heterocycles. The van der Waals surface area contributed by atoms with Crippen LogP contribution in [0, 0.1) is 5.92 Å². The highest BCUT2D eigenvalue weighted by atomic mass is 15.2. The molecule has 2 nitrogen and oxygen atoms in total. The molecule has 1 unspecified atom stereocenters. The van der Waals surface area contributed by atoms with Gasteiger partial charge in [0, 0.05) is 12.1 Å². The van der Waals surface area contributed by atoms with E-state index in [1.807, 2.05) is 0 Å². The third-order valence-corrected chi connectivity index (χ3v) is 2.74. The van der Waals surface area contributed by atoms with E-state index in [-0.39, 0.29) is 0 Å². The summed E-state index contributed by atoms with van der Waals surface area (Å²) < 4.78 is 0. The van der Waals surface area contributed by atoms with Gasteiger partial charge in [0.25, 0.3) is 0 Å². The molecule has 1 aliphatic carbocycles. The number of rotatable bonds is 0. The van der Waals surface area contributed by atoms with Gasteiger partial charge in [0.15, 0.2) is 0 Å². The van der Waals surface area contributed by atoms with Gasteiger partial charge in [0.1, 0.15) is 0 Å². The van der Waals surface area contributed by atoms with Gasteiger partial charge in [0.05, 0.1) is 0 Å². The fraction of sp³-hybridized carbons (Fsp3) is 1.00. The quantitative estimate of drug-likeness (QED) is 0.496. The Balaban J connectivity index is 2.02. The number of piperidine rings is 1. The van der Waals surface area contributed by atoms with Crippen molar-refractivity contribution in [2.45, 2.75) is 24.9 Å². The van der Waals surface area contributed by atoms with Crippen LogP contribution < -0.4 is 5.73 Å². The van der Waals surface area contributed by atoms with Crippen LogP contribution in [0.2, 0.25) is 0 Å². The molecule has 0 radical (unpaired) electrons. The van der Waals surface area contributed by atoms with E-state index >= 15 is 0 Å². The summed E-state index contributed by atoms with van der Waals surface area (Å²) in [7, 11) is 2.18. The van der Waals surface area contributed by atoms with Crippen molar-refractivity contribution in [3.63, 3.8) is 0 Å². The molecule has 2 heteroatoms. The molecule has 0 spiro atoms. The number of nitrogens with two attached hydrogens (primary N) is 1. The van der Waals surface area contributed by atoms with Gasteiger partial charge in [-0.05, 0) is 32.4 Å². The van der Waals surface area contributed by atoms with Crippen molar-refractivity contribution in [1.82, 2.24) is 4.90 Å². The second kappa shape index (κ2) is 1.70. The summed E-state index contributed by atoms with van der Waals surface area (Å²) in [5.41, 5.74) is 5.82. The van der Waals surface area contributed by atoms with E-state index in [1.54, 1.807) is 0 Å². The van der Waals surface area contributed by atoms with Gasteiger partial charge in [-0.2, -0.15) is 0 Å². The predicted octanol–water partition coefficient (Wildman–Crippen LogP) is 0.0377. The number of likely N-dealkylation sites (tertiary alicyclic amines) is 1. The van der Waals surface area contributed by atoms with Gasteiger partial charge < -0.3 is 10.6 Å². The van der Waals surface area contributed by atoms with Crippen molar-refractivity contribution >= 4 is 0 Å². The van der Waals surface area contributed by atoms with E-state index < -0.39 is 0 Å². The van der Waals surface area contributed by atoms with E-state index in [9.17, 15) is 0 Å². The van der Waals surface area contributed by atoms with Crippen molar-refractivity contribution in [1.29, 1.82) is 0 Å². The first-order chi connectivity index (χ1) is 4.30. The Morgan fingerprint density at radius 2 is 2.33 bits per heavy atom. The van der Waals surface area contributed by atoms with Crippen molar-refractivity contribution in [2.75, 3.05) is 13.6 Å². The lowest BCUT2D eigenvalue weighted by molar-refractivity contribution is 0.262. The second-order valence-electron chi connectivity index (χ2n) is 3.35. The van der Waals surface area contributed by atoms with Crippen molar-refractivity contribution in [2.24, 2.45) is 11.7 Å². The largest absolute Gasteiger partial charge is 0.326 e. The molecular formula is C7H14N2. The first-order valence-electron chi connectivity index (χ1n) is 3.76. The molecule has 0 aromatic heterocycles. The highest BCUT2D eigenvalue weighted by molar-refractivity contribution is 5.09. The molecule has 1 saturated heterocycles. The van der Waals surface area contributed by atoms with E-state index in [0.29, 0.717) is 6.04 Å². The summed E-state index contributed by atoms with van der Waals surface area (Å²) in [5, 5.41) is 0. The minimum absolute atomic E-state index is 0.512. The van der Waals surface area contributed by atoms with Crippen LogP contribution in [0.15, 0.2) is 0 Å². The normalized spacial score (nSPS) is 50.7. The van der Waals surface area contributed by atoms with E-state index in [0.717, 1.165) is 12.0 Å². The average Bonchev–Trinajstić information content (AvgIpc) is 2.45. The van der Waals surface area contributed by atoms with Crippen LogP contribution in [-0.4, -0.2) is 30.6 Å². The average molecular weight is 126 g/mol. The van der Waals surface area contributed by atoms with Gasteiger partial charge in [-0.1, -0.05) is 0 Å². The molecule has 2 aliphatic rings. The number of likely N-dealkylation sites (N-methyl/N-ethyl adjacent to an activating group) is 1. The Labute approximate surface area is 56.0 Å². The molecular weight excluding hydrogens is 112 g/mol. The van der Waals surface area contributed by atoms with Crippen LogP contribution in [0.3, 0.4) is 0 Å². The maximum atomic E-state index is 5.82. The number of hydrogen-bond acceptors (Lipinski definition) is 2. The molecule has 0 amide bonds. The molecule has 2 rings (SSSR count). The fourth-order valence-corrected chi connectivity index (χ4v) is 2.09. The number of fused-ring (bicyclic) bond motifs is 1. The molecule has 2 N–H and O–H groups in total. The Hall–Kier alpha value is -0.0800. The maximum absolute atomic E-state index is 5.82.